The maximum Gasteiger partial charge on any atom is 0.317 e. The zero-order chi connectivity index (χ0) is 14.9. The van der Waals surface area contributed by atoms with E-state index < -0.39 is 0 Å². The molecule has 0 spiro atoms. The SMILES string of the molecule is CCN(C)C(=O)NC(C)c1nc2cc(Cl)c(Cl)cc2[nH]1. The van der Waals surface area contributed by atoms with Gasteiger partial charge < -0.3 is 15.2 Å². The standard InChI is InChI=1S/C13H16Cl2N4O/c1-4-19(3)13(20)16-7(2)12-17-10-5-8(14)9(15)6-11(10)18-12/h5-7H,4H2,1-3H3,(H,16,20)(H,17,18). The van der Waals surface area contributed by atoms with E-state index in [4.69, 9.17) is 23.2 Å². The third kappa shape index (κ3) is 2.99. The average molecular weight is 315 g/mol. The van der Waals surface area contributed by atoms with E-state index in [2.05, 4.69) is 15.3 Å². The van der Waals surface area contributed by atoms with Gasteiger partial charge in [-0.2, -0.15) is 0 Å². The zero-order valence-electron chi connectivity index (χ0n) is 11.5. The Morgan fingerprint density at radius 3 is 2.75 bits per heavy atom. The van der Waals surface area contributed by atoms with E-state index in [9.17, 15) is 4.79 Å². The van der Waals surface area contributed by atoms with Crippen LogP contribution in [-0.4, -0.2) is 34.5 Å². The predicted octanol–water partition coefficient (Wildman–Crippen LogP) is 3.59. The van der Waals surface area contributed by atoms with Crippen molar-refractivity contribution in [2.75, 3.05) is 13.6 Å². The number of carbonyl (C=O) groups is 1. The number of hydrogen-bond acceptors (Lipinski definition) is 2. The minimum atomic E-state index is -0.235. The van der Waals surface area contributed by atoms with Gasteiger partial charge in [0.15, 0.2) is 0 Å². The zero-order valence-corrected chi connectivity index (χ0v) is 13.0. The summed E-state index contributed by atoms with van der Waals surface area (Å²) in [4.78, 5) is 21.0. The van der Waals surface area contributed by atoms with Gasteiger partial charge in [-0.3, -0.25) is 0 Å². The van der Waals surface area contributed by atoms with Crippen molar-refractivity contribution in [2.45, 2.75) is 19.9 Å². The second kappa shape index (κ2) is 5.89. The lowest BCUT2D eigenvalue weighted by molar-refractivity contribution is 0.207. The largest absolute Gasteiger partial charge is 0.340 e. The molecule has 7 heteroatoms. The predicted molar refractivity (Wildman–Crippen MR) is 81.4 cm³/mol. The summed E-state index contributed by atoms with van der Waals surface area (Å²) in [5.41, 5.74) is 1.51. The molecule has 0 saturated carbocycles. The quantitative estimate of drug-likeness (QED) is 0.909. The molecule has 0 radical (unpaired) electrons. The Morgan fingerprint density at radius 1 is 1.45 bits per heavy atom. The second-order valence-corrected chi connectivity index (χ2v) is 5.41. The van der Waals surface area contributed by atoms with E-state index in [0.717, 1.165) is 11.0 Å². The molecule has 20 heavy (non-hydrogen) atoms. The van der Waals surface area contributed by atoms with E-state index >= 15 is 0 Å². The highest BCUT2D eigenvalue weighted by atomic mass is 35.5. The molecule has 0 bridgehead atoms. The highest BCUT2D eigenvalue weighted by molar-refractivity contribution is 6.42. The highest BCUT2D eigenvalue weighted by Gasteiger charge is 2.16. The summed E-state index contributed by atoms with van der Waals surface area (Å²) in [5.74, 6) is 0.663. The van der Waals surface area contributed by atoms with Crippen LogP contribution in [0.2, 0.25) is 10.0 Å². The third-order valence-electron chi connectivity index (χ3n) is 3.11. The summed E-state index contributed by atoms with van der Waals surface area (Å²) in [7, 11) is 1.74. The molecule has 108 valence electrons. The number of H-pyrrole nitrogens is 1. The Bertz CT molecular complexity index is 602. The lowest BCUT2D eigenvalue weighted by Gasteiger charge is -2.18. The Labute approximate surface area is 127 Å². The van der Waals surface area contributed by atoms with Gasteiger partial charge >= 0.3 is 6.03 Å². The molecule has 1 aromatic heterocycles. The molecule has 0 saturated heterocycles. The highest BCUT2D eigenvalue weighted by Crippen LogP contribution is 2.27. The molecule has 2 rings (SSSR count). The van der Waals surface area contributed by atoms with Gasteiger partial charge in [0.05, 0.1) is 27.1 Å². The van der Waals surface area contributed by atoms with Crippen molar-refractivity contribution < 1.29 is 4.79 Å². The molecule has 5 nitrogen and oxygen atoms in total. The molecule has 0 aliphatic carbocycles. The van der Waals surface area contributed by atoms with Crippen molar-refractivity contribution >= 4 is 40.3 Å². The second-order valence-electron chi connectivity index (χ2n) is 4.59. The first-order chi connectivity index (χ1) is 9.42. The Balaban J connectivity index is 2.22. The summed E-state index contributed by atoms with van der Waals surface area (Å²) in [6, 6.07) is 3.05. The molecular formula is C13H16Cl2N4O. The van der Waals surface area contributed by atoms with E-state index in [1.807, 2.05) is 13.8 Å². The Kier molecular flexibility index (Phi) is 4.40. The minimum absolute atomic E-state index is 0.142. The molecule has 0 fully saturated rings. The fraction of sp³-hybridized carbons (Fsp3) is 0.385. The van der Waals surface area contributed by atoms with Crippen LogP contribution in [0.4, 0.5) is 4.79 Å². The average Bonchev–Trinajstić information content (AvgIpc) is 2.81. The van der Waals surface area contributed by atoms with E-state index in [0.29, 0.717) is 22.4 Å². The summed E-state index contributed by atoms with van der Waals surface area (Å²) in [6.07, 6.45) is 0. The van der Waals surface area contributed by atoms with E-state index in [1.165, 1.54) is 0 Å². The normalized spacial score (nSPS) is 12.4. The smallest absolute Gasteiger partial charge is 0.317 e. The van der Waals surface area contributed by atoms with Crippen LogP contribution in [0.15, 0.2) is 12.1 Å². The van der Waals surface area contributed by atoms with Gasteiger partial charge in [-0.15, -0.1) is 0 Å². The van der Waals surface area contributed by atoms with Gasteiger partial charge in [0, 0.05) is 13.6 Å². The number of carbonyl (C=O) groups excluding carboxylic acids is 1. The Hall–Kier alpha value is -1.46. The van der Waals surface area contributed by atoms with Crippen molar-refractivity contribution in [1.29, 1.82) is 0 Å². The summed E-state index contributed by atoms with van der Waals surface area (Å²) in [5, 5.41) is 3.79. The maximum atomic E-state index is 11.8. The van der Waals surface area contributed by atoms with Crippen molar-refractivity contribution in [1.82, 2.24) is 20.2 Å². The topological polar surface area (TPSA) is 61.0 Å². The van der Waals surface area contributed by atoms with Crippen LogP contribution in [0.25, 0.3) is 11.0 Å². The van der Waals surface area contributed by atoms with Gasteiger partial charge in [-0.25, -0.2) is 9.78 Å². The van der Waals surface area contributed by atoms with Gasteiger partial charge in [0.2, 0.25) is 0 Å². The number of aromatic nitrogens is 2. The number of nitrogens with zero attached hydrogens (tertiary/aromatic N) is 2. The first-order valence-electron chi connectivity index (χ1n) is 6.28. The molecule has 0 aliphatic rings. The molecule has 2 aromatic rings. The number of rotatable bonds is 3. The molecule has 1 unspecified atom stereocenters. The van der Waals surface area contributed by atoms with Crippen molar-refractivity contribution in [3.8, 4) is 0 Å². The van der Waals surface area contributed by atoms with Crippen LogP contribution >= 0.6 is 23.2 Å². The molecule has 2 N–H and O–H groups in total. The molecule has 1 atom stereocenters. The first-order valence-corrected chi connectivity index (χ1v) is 7.04. The number of aromatic amines is 1. The number of nitrogens with one attached hydrogen (secondary N) is 2. The molecule has 1 aromatic carbocycles. The van der Waals surface area contributed by atoms with Crippen LogP contribution in [-0.2, 0) is 0 Å². The summed E-state index contributed by atoms with van der Waals surface area (Å²) >= 11 is 11.9. The van der Waals surface area contributed by atoms with Gasteiger partial charge in [-0.1, -0.05) is 23.2 Å². The minimum Gasteiger partial charge on any atom is -0.340 e. The lowest BCUT2D eigenvalue weighted by Crippen LogP contribution is -2.38. The molecule has 1 heterocycles. The van der Waals surface area contributed by atoms with Crippen molar-refractivity contribution in [3.63, 3.8) is 0 Å². The van der Waals surface area contributed by atoms with Gasteiger partial charge in [-0.05, 0) is 26.0 Å². The number of imidazole rings is 1. The monoisotopic (exact) mass is 314 g/mol. The van der Waals surface area contributed by atoms with E-state index in [1.54, 1.807) is 24.1 Å². The number of hydrogen-bond donors (Lipinski definition) is 2. The first kappa shape index (κ1) is 14.9. The number of urea groups is 1. The van der Waals surface area contributed by atoms with Crippen LogP contribution in [0.1, 0.15) is 25.7 Å². The van der Waals surface area contributed by atoms with Crippen LogP contribution in [0, 0.1) is 0 Å². The number of fused-ring (bicyclic) bond motifs is 1. The Morgan fingerprint density at radius 2 is 2.10 bits per heavy atom. The van der Waals surface area contributed by atoms with Crippen molar-refractivity contribution in [2.24, 2.45) is 0 Å². The van der Waals surface area contributed by atoms with Gasteiger partial charge in [0.25, 0.3) is 0 Å². The number of halogens is 2. The summed E-state index contributed by atoms with van der Waals surface area (Å²) < 4.78 is 0. The van der Waals surface area contributed by atoms with Crippen molar-refractivity contribution in [3.05, 3.63) is 28.0 Å². The number of benzene rings is 1. The lowest BCUT2D eigenvalue weighted by atomic mass is 10.3. The fourth-order valence-electron chi connectivity index (χ4n) is 1.74. The summed E-state index contributed by atoms with van der Waals surface area (Å²) in [6.45, 7) is 4.42. The van der Waals surface area contributed by atoms with Crippen LogP contribution < -0.4 is 5.32 Å². The van der Waals surface area contributed by atoms with Gasteiger partial charge in [0.1, 0.15) is 5.82 Å². The van der Waals surface area contributed by atoms with Crippen LogP contribution in [0.3, 0.4) is 0 Å². The van der Waals surface area contributed by atoms with E-state index in [-0.39, 0.29) is 12.1 Å². The third-order valence-corrected chi connectivity index (χ3v) is 3.84. The fourth-order valence-corrected chi connectivity index (χ4v) is 2.06. The molecule has 2 amide bonds. The van der Waals surface area contributed by atoms with Crippen LogP contribution in [0.5, 0.6) is 0 Å². The maximum absolute atomic E-state index is 11.8. The molecule has 0 aliphatic heterocycles. The number of amides is 2. The molecular weight excluding hydrogens is 299 g/mol.